The number of benzene rings is 2. The van der Waals surface area contributed by atoms with Gasteiger partial charge in [0.1, 0.15) is 5.69 Å². The molecule has 0 saturated carbocycles. The van der Waals surface area contributed by atoms with E-state index in [4.69, 9.17) is 0 Å². The molecule has 0 aliphatic carbocycles. The Bertz CT molecular complexity index is 910. The van der Waals surface area contributed by atoms with E-state index in [0.717, 1.165) is 28.0 Å². The van der Waals surface area contributed by atoms with Crippen LogP contribution >= 0.6 is 0 Å². The maximum atomic E-state index is 4.61. The van der Waals surface area contributed by atoms with Gasteiger partial charge in [0.25, 0.3) is 0 Å². The summed E-state index contributed by atoms with van der Waals surface area (Å²) in [5.41, 5.74) is 5.14. The number of hydrogen-bond donors (Lipinski definition) is 0. The van der Waals surface area contributed by atoms with Crippen molar-refractivity contribution in [2.24, 2.45) is 0 Å². The minimum absolute atomic E-state index is 0.927. The quantitative estimate of drug-likeness (QED) is 0.493. The van der Waals surface area contributed by atoms with Gasteiger partial charge in [-0.1, -0.05) is 42.5 Å². The van der Waals surface area contributed by atoms with Crippen molar-refractivity contribution in [1.82, 2.24) is 14.9 Å². The van der Waals surface area contributed by atoms with E-state index in [1.165, 1.54) is 0 Å². The first-order valence-corrected chi connectivity index (χ1v) is 6.56. The summed E-state index contributed by atoms with van der Waals surface area (Å²) >= 11 is 0. The molecule has 2 heterocycles. The molecule has 4 heteroatoms. The first-order valence-electron chi connectivity index (χ1n) is 6.56. The molecular weight excluding hydrogens is 248 g/mol. The van der Waals surface area contributed by atoms with Crippen molar-refractivity contribution in [2.75, 3.05) is 0 Å². The zero-order chi connectivity index (χ0) is 13.5. The van der Waals surface area contributed by atoms with Gasteiger partial charge in [-0.15, -0.1) is 4.52 Å². The van der Waals surface area contributed by atoms with Crippen molar-refractivity contribution in [3.8, 4) is 11.3 Å². The molecule has 0 spiro atoms. The molecule has 20 heavy (non-hydrogen) atoms. The molecule has 4 nitrogen and oxygen atoms in total. The van der Waals surface area contributed by atoms with Crippen molar-refractivity contribution < 1.29 is 4.52 Å². The van der Waals surface area contributed by atoms with Crippen LogP contribution in [0.4, 0.5) is 0 Å². The first-order chi connectivity index (χ1) is 9.83. The van der Waals surface area contributed by atoms with Crippen LogP contribution in [0.3, 0.4) is 0 Å². The number of hydrogen-bond acceptors (Lipinski definition) is 2. The topological polar surface area (TPSA) is 34.3 Å². The number of rotatable bonds is 1. The van der Waals surface area contributed by atoms with E-state index in [1.54, 1.807) is 4.74 Å². The predicted octanol–water partition coefficient (Wildman–Crippen LogP) is 2.44. The van der Waals surface area contributed by atoms with Crippen LogP contribution in [0.5, 0.6) is 0 Å². The normalized spacial score (nSPS) is 11.2. The van der Waals surface area contributed by atoms with E-state index in [2.05, 4.69) is 41.4 Å². The maximum absolute atomic E-state index is 4.61. The molecule has 2 aromatic heterocycles. The van der Waals surface area contributed by atoms with Crippen LogP contribution in [0.2, 0.25) is 0 Å². The van der Waals surface area contributed by atoms with Crippen molar-refractivity contribution in [1.29, 1.82) is 0 Å². The Balaban J connectivity index is 2.06. The van der Waals surface area contributed by atoms with Gasteiger partial charge < -0.3 is 0 Å². The second-order valence-electron chi connectivity index (χ2n) is 4.81. The van der Waals surface area contributed by atoms with Crippen LogP contribution in [0.25, 0.3) is 22.3 Å². The van der Waals surface area contributed by atoms with Crippen molar-refractivity contribution >= 4 is 11.0 Å². The summed E-state index contributed by atoms with van der Waals surface area (Å²) in [6.07, 6.45) is 0. The van der Waals surface area contributed by atoms with Gasteiger partial charge >= 0.3 is 0 Å². The molecule has 4 aromatic rings. The van der Waals surface area contributed by atoms with Gasteiger partial charge in [0.05, 0.1) is 4.74 Å². The fourth-order valence-corrected chi connectivity index (χ4v) is 2.50. The lowest BCUT2D eigenvalue weighted by Crippen LogP contribution is -2.34. The van der Waals surface area contributed by atoms with E-state index >= 15 is 0 Å². The summed E-state index contributed by atoms with van der Waals surface area (Å²) in [7, 11) is 0. The molecule has 0 aliphatic heterocycles. The number of aryl methyl sites for hydroxylation is 1. The highest BCUT2D eigenvalue weighted by Crippen LogP contribution is 2.16. The molecule has 0 radical (unpaired) electrons. The number of para-hydroxylation sites is 1. The number of nitrogens with zero attached hydrogens (tertiary/aromatic N) is 4. The van der Waals surface area contributed by atoms with Gasteiger partial charge in [-0.25, -0.2) is 0 Å². The summed E-state index contributed by atoms with van der Waals surface area (Å²) < 4.78 is 3.68. The third-order valence-corrected chi connectivity index (χ3v) is 3.43. The van der Waals surface area contributed by atoms with Gasteiger partial charge in [0.2, 0.25) is 5.52 Å². The summed E-state index contributed by atoms with van der Waals surface area (Å²) in [5.74, 6) is 0. The van der Waals surface area contributed by atoms with Crippen molar-refractivity contribution in [3.05, 3.63) is 66.4 Å². The van der Waals surface area contributed by atoms with Crippen molar-refractivity contribution in [2.45, 2.75) is 6.92 Å². The predicted molar refractivity (Wildman–Crippen MR) is 76.3 cm³/mol. The van der Waals surface area contributed by atoms with Gasteiger partial charge in [-0.3, -0.25) is 0 Å². The Kier molecular flexibility index (Phi) is 2.29. The Hall–Kier alpha value is -2.75. The van der Waals surface area contributed by atoms with E-state index in [0.29, 0.717) is 0 Å². The molecule has 0 saturated heterocycles. The minimum Gasteiger partial charge on any atom is -0.126 e. The molecule has 2 aromatic carbocycles. The van der Waals surface area contributed by atoms with Gasteiger partial charge in [-0.05, 0) is 19.1 Å². The molecule has 0 bridgehead atoms. The zero-order valence-corrected chi connectivity index (χ0v) is 11.1. The van der Waals surface area contributed by atoms with Crippen LogP contribution in [-0.4, -0.2) is 14.9 Å². The number of aromatic nitrogens is 4. The lowest BCUT2D eigenvalue weighted by atomic mass is 10.1. The van der Waals surface area contributed by atoms with E-state index in [9.17, 15) is 0 Å². The minimum atomic E-state index is 0.927. The van der Waals surface area contributed by atoms with E-state index < -0.39 is 0 Å². The highest BCUT2D eigenvalue weighted by atomic mass is 15.6. The maximum Gasteiger partial charge on any atom is 0.207 e. The largest absolute Gasteiger partial charge is 0.207 e. The Morgan fingerprint density at radius 3 is 2.50 bits per heavy atom. The average molecular weight is 261 g/mol. The number of fused-ring (bicyclic) bond motifs is 3. The molecule has 0 amide bonds. The molecule has 96 valence electrons. The van der Waals surface area contributed by atoms with Crippen LogP contribution in [-0.2, 0) is 0 Å². The molecule has 0 aliphatic rings. The van der Waals surface area contributed by atoms with Crippen LogP contribution < -0.4 is 4.52 Å². The van der Waals surface area contributed by atoms with Gasteiger partial charge in [-0.2, -0.15) is 0 Å². The molecule has 4 rings (SSSR count). The van der Waals surface area contributed by atoms with Crippen molar-refractivity contribution in [3.63, 3.8) is 0 Å². The monoisotopic (exact) mass is 261 g/mol. The van der Waals surface area contributed by atoms with Crippen LogP contribution in [0, 0.1) is 6.92 Å². The van der Waals surface area contributed by atoms with Gasteiger partial charge in [0, 0.05) is 21.8 Å². The fraction of sp³-hybridized carbons (Fsp3) is 0.0625. The molecule has 0 fully saturated rings. The first kappa shape index (κ1) is 11.1. The summed E-state index contributed by atoms with van der Waals surface area (Å²) in [5, 5.41) is 9.14. The SMILES string of the molecule is Cc1cc(-c2ccccc2)nn2nc3ccccc3[n+]12. The molecule has 0 atom stereocenters. The molecule has 0 N–H and O–H groups in total. The lowest BCUT2D eigenvalue weighted by Gasteiger charge is -1.98. The van der Waals surface area contributed by atoms with E-state index in [1.807, 2.05) is 40.9 Å². The lowest BCUT2D eigenvalue weighted by molar-refractivity contribution is -0.612. The third kappa shape index (κ3) is 1.58. The third-order valence-electron chi connectivity index (χ3n) is 3.43. The van der Waals surface area contributed by atoms with Crippen LogP contribution in [0.1, 0.15) is 5.69 Å². The second kappa shape index (κ2) is 4.13. The van der Waals surface area contributed by atoms with Gasteiger partial charge in [0.15, 0.2) is 11.2 Å². The fourth-order valence-electron chi connectivity index (χ4n) is 2.50. The zero-order valence-electron chi connectivity index (χ0n) is 11.1. The molecule has 0 unspecified atom stereocenters. The highest BCUT2D eigenvalue weighted by Gasteiger charge is 2.16. The Morgan fingerprint density at radius 2 is 1.65 bits per heavy atom. The van der Waals surface area contributed by atoms with Crippen LogP contribution in [0.15, 0.2) is 60.7 Å². The Labute approximate surface area is 115 Å². The Morgan fingerprint density at radius 1 is 0.900 bits per heavy atom. The second-order valence-corrected chi connectivity index (χ2v) is 4.81. The summed E-state index contributed by atoms with van der Waals surface area (Å²) in [6, 6.07) is 20.3. The highest BCUT2D eigenvalue weighted by molar-refractivity contribution is 5.70. The standard InChI is InChI=1S/C16H13N4/c1-12-11-15(13-7-3-2-4-8-13)18-20-17-14-9-5-6-10-16(14)19(12)20/h2-11H,1H3/q+1. The smallest absolute Gasteiger partial charge is 0.126 e. The average Bonchev–Trinajstić information content (AvgIpc) is 2.87. The summed E-state index contributed by atoms with van der Waals surface area (Å²) in [4.78, 5) is 0. The molecular formula is C16H13N4+. The van der Waals surface area contributed by atoms with E-state index in [-0.39, 0.29) is 0 Å². The summed E-state index contributed by atoms with van der Waals surface area (Å²) in [6.45, 7) is 2.07.